The van der Waals surface area contributed by atoms with E-state index in [9.17, 15) is 44.7 Å². The number of rotatable bonds is 44. The zero-order valence-electron chi connectivity index (χ0n) is 51.6. The number of aromatic hydroxyl groups is 4. The molecule has 0 heterocycles. The normalized spacial score (nSPS) is 11.5. The van der Waals surface area contributed by atoms with Crippen molar-refractivity contribution in [1.29, 1.82) is 0 Å². The Morgan fingerprint density at radius 1 is 0.349 bits per heavy atom. The minimum Gasteiger partial charge on any atom is -0.504 e. The monoisotopic (exact) mass is 1210 g/mol. The molecule has 5 N–H and O–H groups in total. The van der Waals surface area contributed by atoms with Crippen molar-refractivity contribution in [3.8, 4) is 69.0 Å². The van der Waals surface area contributed by atoms with Crippen molar-refractivity contribution in [2.24, 2.45) is 0 Å². The van der Waals surface area contributed by atoms with Crippen LogP contribution >= 0.6 is 0 Å². The van der Waals surface area contributed by atoms with Crippen molar-refractivity contribution < 1.29 is 102 Å². The van der Waals surface area contributed by atoms with E-state index in [4.69, 9.17) is 56.8 Å². The van der Waals surface area contributed by atoms with Crippen molar-refractivity contribution in [1.82, 2.24) is 0 Å². The molecule has 1 atom stereocenters. The van der Waals surface area contributed by atoms with Crippen LogP contribution in [0.2, 0.25) is 0 Å². The lowest BCUT2D eigenvalue weighted by Crippen LogP contribution is -2.55. The van der Waals surface area contributed by atoms with Gasteiger partial charge in [-0.1, -0.05) is 107 Å². The summed E-state index contributed by atoms with van der Waals surface area (Å²) in [6.07, 6.45) is 9.44. The van der Waals surface area contributed by atoms with E-state index >= 15 is 0 Å². The van der Waals surface area contributed by atoms with E-state index in [0.717, 1.165) is 75.6 Å². The number of carbonyl (C=O) groups is 4. The topological polar surface area (TPSA) is 280 Å². The van der Waals surface area contributed by atoms with Gasteiger partial charge in [0.15, 0.2) is 57.7 Å². The predicted molar refractivity (Wildman–Crippen MR) is 321 cm³/mol. The predicted octanol–water partition coefficient (Wildman–Crippen LogP) is 12.8. The van der Waals surface area contributed by atoms with Gasteiger partial charge >= 0.3 is 23.9 Å². The number of ether oxygens (including phenoxy) is 12. The highest BCUT2D eigenvalue weighted by Gasteiger charge is 2.45. The summed E-state index contributed by atoms with van der Waals surface area (Å²) in [7, 11) is 0. The fourth-order valence-electron chi connectivity index (χ4n) is 7.92. The van der Waals surface area contributed by atoms with Crippen LogP contribution in [-0.2, 0) is 18.9 Å². The summed E-state index contributed by atoms with van der Waals surface area (Å²) in [5, 5.41) is 56.7. The molecule has 0 aliphatic rings. The Morgan fingerprint density at radius 2 is 0.593 bits per heavy atom. The Bertz CT molecular complexity index is 2520. The molecule has 4 rings (SSSR count). The molecule has 21 heteroatoms. The van der Waals surface area contributed by atoms with Crippen LogP contribution in [0.5, 0.6) is 69.0 Å². The average molecular weight is 1210 g/mol. The van der Waals surface area contributed by atoms with E-state index in [1.807, 2.05) is 55.4 Å². The molecule has 21 nitrogen and oxygen atoms in total. The minimum atomic E-state index is -2.86. The summed E-state index contributed by atoms with van der Waals surface area (Å²) >= 11 is 0. The average Bonchev–Trinajstić information content (AvgIpc) is 2.80. The number of esters is 4. The van der Waals surface area contributed by atoms with Gasteiger partial charge < -0.3 is 82.4 Å². The first-order chi connectivity index (χ1) is 41.5. The number of hydrogen-bond donors (Lipinski definition) is 5. The van der Waals surface area contributed by atoms with E-state index in [1.165, 1.54) is 24.3 Å². The van der Waals surface area contributed by atoms with E-state index in [0.29, 0.717) is 64.6 Å². The molecule has 0 radical (unpaired) electrons. The van der Waals surface area contributed by atoms with Crippen LogP contribution in [-0.4, -0.2) is 134 Å². The molecule has 4 aromatic carbocycles. The van der Waals surface area contributed by atoms with Crippen molar-refractivity contribution in [3.63, 3.8) is 0 Å². The molecule has 86 heavy (non-hydrogen) atoms. The molecule has 0 fully saturated rings. The Kier molecular flexibility index (Phi) is 31.6. The second-order valence-electron chi connectivity index (χ2n) is 20.7. The van der Waals surface area contributed by atoms with Crippen LogP contribution in [0.3, 0.4) is 0 Å². The molecule has 0 amide bonds. The maximum atomic E-state index is 14.5. The smallest absolute Gasteiger partial charge is 0.338 e. The Hall–Kier alpha value is -7.68. The third-order valence-electron chi connectivity index (χ3n) is 13.2. The van der Waals surface area contributed by atoms with Crippen molar-refractivity contribution in [2.75, 3.05) is 72.7 Å². The number of benzene rings is 4. The lowest BCUT2D eigenvalue weighted by atomic mass is 9.98. The Balaban J connectivity index is 1.91. The van der Waals surface area contributed by atoms with Crippen LogP contribution in [0.1, 0.15) is 200 Å². The summed E-state index contributed by atoms with van der Waals surface area (Å²) in [5.41, 5.74) is -3.98. The molecule has 0 aliphatic heterocycles. The molecular formula is C65H92O21. The highest BCUT2D eigenvalue weighted by Crippen LogP contribution is 2.43. The third-order valence-corrected chi connectivity index (χ3v) is 13.2. The molecule has 0 bridgehead atoms. The lowest BCUT2D eigenvalue weighted by Gasteiger charge is -2.34. The Morgan fingerprint density at radius 3 is 0.884 bits per heavy atom. The molecule has 0 aromatic heterocycles. The number of aliphatic hydroxyl groups is 1. The minimum absolute atomic E-state index is 0.119. The quantitative estimate of drug-likeness (QED) is 0.0156. The van der Waals surface area contributed by atoms with Crippen molar-refractivity contribution >= 4 is 23.9 Å². The Labute approximate surface area is 506 Å². The second kappa shape index (κ2) is 38.4. The zero-order valence-corrected chi connectivity index (χ0v) is 51.6. The molecule has 0 saturated heterocycles. The van der Waals surface area contributed by atoms with Crippen LogP contribution in [0, 0.1) is 0 Å². The van der Waals surface area contributed by atoms with Gasteiger partial charge in [-0.25, -0.2) is 19.2 Å². The highest BCUT2D eigenvalue weighted by molar-refractivity contribution is 5.93. The van der Waals surface area contributed by atoms with Gasteiger partial charge in [-0.05, 0) is 99.9 Å². The highest BCUT2D eigenvalue weighted by atomic mass is 16.6. The van der Waals surface area contributed by atoms with Crippen molar-refractivity contribution in [3.05, 3.63) is 70.8 Å². The maximum absolute atomic E-state index is 14.5. The molecule has 4 aromatic rings. The largest absolute Gasteiger partial charge is 0.504 e. The third kappa shape index (κ3) is 22.3. The number of phenols is 4. The number of phenolic OH excluding ortho intramolecular Hbond substituents is 4. The summed E-state index contributed by atoms with van der Waals surface area (Å²) in [4.78, 5) is 57.4. The molecular weight excluding hydrogens is 1120 g/mol. The first kappa shape index (κ1) is 70.8. The van der Waals surface area contributed by atoms with Gasteiger partial charge in [-0.15, -0.1) is 0 Å². The fourth-order valence-corrected chi connectivity index (χ4v) is 7.92. The zero-order chi connectivity index (χ0) is 62.9. The van der Waals surface area contributed by atoms with E-state index in [1.54, 1.807) is 0 Å². The summed E-state index contributed by atoms with van der Waals surface area (Å²) < 4.78 is 71.5. The number of carbonyl (C=O) groups excluding carboxylic acids is 4. The molecule has 0 saturated carbocycles. The van der Waals surface area contributed by atoms with Gasteiger partial charge in [0.05, 0.1) is 75.1 Å². The number of hydrogen-bond acceptors (Lipinski definition) is 21. The van der Waals surface area contributed by atoms with Crippen LogP contribution in [0.25, 0.3) is 0 Å². The standard InChI is InChI=1S/C65H92O21/c1-9-17-25-75-52-37-46(38-53(76-26-18-10-2)59(52)81-31-23-15-7)62(71)84-42-65(74,43-85-63(72)47-39-54(77-27-19-11-3)60(82-32-24-16-8)55(40-47)78-28-20-12-4)56(86-64(73)45-35-50(68)58(51(69)36-45)80-30-22-14-6)41-83-61(70)44-33-48(66)57(49(67)34-44)79-29-21-13-5/h33-40,56,66-69,74H,9-32,41-43H2,1-8H3. The summed E-state index contributed by atoms with van der Waals surface area (Å²) in [6.45, 7) is 14.4. The van der Waals surface area contributed by atoms with Crippen molar-refractivity contribution in [2.45, 2.75) is 170 Å². The van der Waals surface area contributed by atoms with Gasteiger partial charge in [0.1, 0.15) is 19.8 Å². The van der Waals surface area contributed by atoms with Gasteiger partial charge in [0, 0.05) is 0 Å². The fraction of sp³-hybridized carbons (Fsp3) is 0.569. The van der Waals surface area contributed by atoms with E-state index in [-0.39, 0.29) is 96.8 Å². The van der Waals surface area contributed by atoms with Gasteiger partial charge in [0.25, 0.3) is 0 Å². The first-order valence-corrected chi connectivity index (χ1v) is 30.5. The summed E-state index contributed by atoms with van der Waals surface area (Å²) in [5.74, 6) is -6.53. The van der Waals surface area contributed by atoms with Crippen LogP contribution in [0.4, 0.5) is 0 Å². The van der Waals surface area contributed by atoms with Crippen LogP contribution < -0.4 is 37.9 Å². The SMILES string of the molecule is CCCCOc1cc(C(=O)OCC(O)(COC(=O)c2cc(OCCCC)c(OCCCC)c(OCCCC)c2)C(COC(=O)c2cc(O)c(OCCCC)c(O)c2)OC(=O)c2cc(O)c(OCCCC)c(O)c2)cc(OCCCC)c1OCCCC. The van der Waals surface area contributed by atoms with Gasteiger partial charge in [-0.2, -0.15) is 0 Å². The molecule has 1 unspecified atom stereocenters. The molecule has 0 aliphatic carbocycles. The first-order valence-electron chi connectivity index (χ1n) is 30.5. The van der Waals surface area contributed by atoms with E-state index < -0.39 is 89.5 Å². The lowest BCUT2D eigenvalue weighted by molar-refractivity contribution is -0.150. The van der Waals surface area contributed by atoms with E-state index in [2.05, 4.69) is 0 Å². The number of unbranched alkanes of at least 4 members (excludes halogenated alkanes) is 8. The summed E-state index contributed by atoms with van der Waals surface area (Å²) in [6, 6.07) is 9.42. The second-order valence-corrected chi connectivity index (χ2v) is 20.7. The van der Waals surface area contributed by atoms with Gasteiger partial charge in [0.2, 0.25) is 23.0 Å². The van der Waals surface area contributed by atoms with Crippen LogP contribution in [0.15, 0.2) is 48.5 Å². The molecule has 0 spiro atoms. The maximum Gasteiger partial charge on any atom is 0.338 e. The van der Waals surface area contributed by atoms with Gasteiger partial charge in [-0.3, -0.25) is 0 Å². The molecule has 478 valence electrons.